The Labute approximate surface area is 164 Å². The quantitative estimate of drug-likeness (QED) is 0.790. The van der Waals surface area contributed by atoms with Gasteiger partial charge in [0, 0.05) is 17.0 Å². The molecule has 1 N–H and O–H groups in total. The van der Waals surface area contributed by atoms with Crippen molar-refractivity contribution in [2.24, 2.45) is 0 Å². The fourth-order valence-electron chi connectivity index (χ4n) is 4.49. The molecule has 146 valence electrons. The van der Waals surface area contributed by atoms with Crippen molar-refractivity contribution in [2.75, 3.05) is 26.0 Å². The van der Waals surface area contributed by atoms with Crippen molar-refractivity contribution >= 4 is 33.3 Å². The van der Waals surface area contributed by atoms with Crippen molar-refractivity contribution in [3.8, 4) is 0 Å². The number of carbonyl (C=O) groups excluding carboxylic acids is 1. The second kappa shape index (κ2) is 7.72. The van der Waals surface area contributed by atoms with Crippen LogP contribution >= 0.6 is 11.3 Å². The van der Waals surface area contributed by atoms with E-state index < -0.39 is 0 Å². The molecule has 1 saturated carbocycles. The van der Waals surface area contributed by atoms with Crippen molar-refractivity contribution in [2.45, 2.75) is 63.5 Å². The fraction of sp³-hybridized carbons (Fsp3) is 0.650. The molecule has 1 fully saturated rings. The van der Waals surface area contributed by atoms with E-state index in [1.807, 2.05) is 6.92 Å². The molecule has 0 bridgehead atoms. The highest BCUT2D eigenvalue weighted by atomic mass is 32.1. The summed E-state index contributed by atoms with van der Waals surface area (Å²) in [5.41, 5.74) is 1.11. The topological polar surface area (TPSA) is 67.3 Å². The van der Waals surface area contributed by atoms with Crippen molar-refractivity contribution in [1.82, 2.24) is 14.9 Å². The Kier molecular flexibility index (Phi) is 5.32. The highest BCUT2D eigenvalue weighted by Gasteiger charge is 2.35. The fourth-order valence-corrected chi connectivity index (χ4v) is 5.71. The lowest BCUT2D eigenvalue weighted by Gasteiger charge is -2.33. The van der Waals surface area contributed by atoms with Crippen molar-refractivity contribution in [3.63, 3.8) is 0 Å². The average molecular weight is 389 g/mol. The smallest absolute Gasteiger partial charge is 0.313 e. The van der Waals surface area contributed by atoms with E-state index in [0.29, 0.717) is 18.7 Å². The summed E-state index contributed by atoms with van der Waals surface area (Å²) in [5.74, 6) is 0.601. The number of thiophene rings is 1. The molecule has 2 aromatic heterocycles. The van der Waals surface area contributed by atoms with Gasteiger partial charge in [0.1, 0.15) is 17.0 Å². The van der Waals surface area contributed by atoms with Gasteiger partial charge in [-0.1, -0.05) is 0 Å². The number of nitrogens with one attached hydrogen (secondary N) is 1. The number of carbonyl (C=O) groups is 1. The SMILES string of the molecule is CCOC(=O)C1CCc2sc3ncnc(NC4CCC(N(C)C)CC4)c3c21. The van der Waals surface area contributed by atoms with E-state index in [2.05, 4.69) is 34.3 Å². The van der Waals surface area contributed by atoms with Gasteiger partial charge in [-0.2, -0.15) is 0 Å². The molecule has 1 atom stereocenters. The zero-order chi connectivity index (χ0) is 19.0. The summed E-state index contributed by atoms with van der Waals surface area (Å²) in [4.78, 5) is 26.1. The molecular weight excluding hydrogens is 360 g/mol. The monoisotopic (exact) mass is 388 g/mol. The number of ether oxygens (including phenoxy) is 1. The van der Waals surface area contributed by atoms with E-state index >= 15 is 0 Å². The molecule has 7 heteroatoms. The first-order valence-electron chi connectivity index (χ1n) is 9.94. The van der Waals surface area contributed by atoms with Crippen LogP contribution in [-0.4, -0.2) is 53.6 Å². The van der Waals surface area contributed by atoms with Crippen LogP contribution in [0.15, 0.2) is 6.33 Å². The van der Waals surface area contributed by atoms with E-state index in [1.165, 1.54) is 17.7 Å². The van der Waals surface area contributed by atoms with Gasteiger partial charge in [0.15, 0.2) is 0 Å². The van der Waals surface area contributed by atoms with Gasteiger partial charge in [0.25, 0.3) is 0 Å². The Morgan fingerprint density at radius 1 is 1.26 bits per heavy atom. The van der Waals surface area contributed by atoms with Gasteiger partial charge in [-0.05, 0) is 65.1 Å². The van der Waals surface area contributed by atoms with Gasteiger partial charge in [0.2, 0.25) is 0 Å². The molecule has 2 aromatic rings. The van der Waals surface area contributed by atoms with Gasteiger partial charge in [-0.3, -0.25) is 4.79 Å². The first kappa shape index (κ1) is 18.6. The highest BCUT2D eigenvalue weighted by Crippen LogP contribution is 2.46. The number of aromatic nitrogens is 2. The number of hydrogen-bond donors (Lipinski definition) is 1. The minimum absolute atomic E-state index is 0.114. The van der Waals surface area contributed by atoms with Crippen molar-refractivity contribution < 1.29 is 9.53 Å². The Balaban J connectivity index is 1.60. The van der Waals surface area contributed by atoms with Gasteiger partial charge < -0.3 is 15.0 Å². The number of fused-ring (bicyclic) bond motifs is 3. The molecule has 2 heterocycles. The minimum atomic E-state index is -0.176. The van der Waals surface area contributed by atoms with E-state index in [4.69, 9.17) is 4.74 Å². The summed E-state index contributed by atoms with van der Waals surface area (Å²) in [6, 6.07) is 1.10. The third-order valence-corrected chi connectivity index (χ3v) is 7.12. The second-order valence-electron chi connectivity index (χ2n) is 7.80. The summed E-state index contributed by atoms with van der Waals surface area (Å²) < 4.78 is 5.32. The van der Waals surface area contributed by atoms with Gasteiger partial charge in [-0.15, -0.1) is 11.3 Å². The molecule has 0 aromatic carbocycles. The van der Waals surface area contributed by atoms with E-state index in [1.54, 1.807) is 17.7 Å². The first-order valence-corrected chi connectivity index (χ1v) is 10.8. The molecule has 2 aliphatic rings. The minimum Gasteiger partial charge on any atom is -0.466 e. The first-order chi connectivity index (χ1) is 13.1. The van der Waals surface area contributed by atoms with Crippen molar-refractivity contribution in [3.05, 3.63) is 16.8 Å². The molecule has 6 nitrogen and oxygen atoms in total. The summed E-state index contributed by atoms with van der Waals surface area (Å²) >= 11 is 1.70. The zero-order valence-electron chi connectivity index (χ0n) is 16.3. The number of hydrogen-bond acceptors (Lipinski definition) is 7. The maximum atomic E-state index is 12.5. The maximum Gasteiger partial charge on any atom is 0.313 e. The summed E-state index contributed by atoms with van der Waals surface area (Å²) in [6.45, 7) is 2.28. The standard InChI is InChI=1S/C20H28N4O2S/c1-4-26-20(25)14-9-10-15-16(14)17-18(21-11-22-19(17)27-15)23-12-5-7-13(8-6-12)24(2)3/h11-14H,4-10H2,1-3H3,(H,21,22,23). The predicted octanol–water partition coefficient (Wildman–Crippen LogP) is 3.57. The molecule has 0 amide bonds. The van der Waals surface area contributed by atoms with Crippen LogP contribution in [0.3, 0.4) is 0 Å². The third-order valence-electron chi connectivity index (χ3n) is 5.95. The molecule has 0 aliphatic heterocycles. The number of nitrogens with zero attached hydrogens (tertiary/aromatic N) is 3. The van der Waals surface area contributed by atoms with Gasteiger partial charge in [0.05, 0.1) is 17.9 Å². The zero-order valence-corrected chi connectivity index (χ0v) is 17.1. The van der Waals surface area contributed by atoms with Gasteiger partial charge in [-0.25, -0.2) is 9.97 Å². The van der Waals surface area contributed by atoms with E-state index in [-0.39, 0.29) is 11.9 Å². The Morgan fingerprint density at radius 3 is 2.74 bits per heavy atom. The van der Waals surface area contributed by atoms with E-state index in [0.717, 1.165) is 47.3 Å². The Morgan fingerprint density at radius 2 is 2.04 bits per heavy atom. The number of esters is 1. The van der Waals surface area contributed by atoms with Crippen molar-refractivity contribution in [1.29, 1.82) is 0 Å². The number of rotatable bonds is 5. The predicted molar refractivity (Wildman–Crippen MR) is 108 cm³/mol. The molecular formula is C20H28N4O2S. The number of anilines is 1. The normalized spacial score (nSPS) is 25.0. The molecule has 2 aliphatic carbocycles. The second-order valence-corrected chi connectivity index (χ2v) is 8.88. The lowest BCUT2D eigenvalue weighted by atomic mass is 9.90. The largest absolute Gasteiger partial charge is 0.466 e. The van der Waals surface area contributed by atoms with Crippen LogP contribution in [0.4, 0.5) is 5.82 Å². The lowest BCUT2D eigenvalue weighted by Crippen LogP contribution is -2.36. The average Bonchev–Trinajstić information content (AvgIpc) is 3.21. The molecule has 4 rings (SSSR count). The lowest BCUT2D eigenvalue weighted by molar-refractivity contribution is -0.144. The van der Waals surface area contributed by atoms with E-state index in [9.17, 15) is 4.79 Å². The summed E-state index contributed by atoms with van der Waals surface area (Å²) in [6.07, 6.45) is 8.08. The summed E-state index contributed by atoms with van der Waals surface area (Å²) in [7, 11) is 4.33. The Bertz CT molecular complexity index is 827. The number of aryl methyl sites for hydroxylation is 1. The van der Waals surface area contributed by atoms with Crippen LogP contribution in [0.2, 0.25) is 0 Å². The maximum absolute atomic E-state index is 12.5. The highest BCUT2D eigenvalue weighted by molar-refractivity contribution is 7.19. The van der Waals surface area contributed by atoms with Gasteiger partial charge >= 0.3 is 5.97 Å². The molecule has 1 unspecified atom stereocenters. The molecule has 0 spiro atoms. The molecule has 0 saturated heterocycles. The van der Waals surface area contributed by atoms with Crippen LogP contribution in [0.25, 0.3) is 10.2 Å². The summed E-state index contributed by atoms with van der Waals surface area (Å²) in [5, 5.41) is 4.72. The molecule has 27 heavy (non-hydrogen) atoms. The van der Waals surface area contributed by atoms with Crippen LogP contribution in [0, 0.1) is 0 Å². The molecule has 0 radical (unpaired) electrons. The third kappa shape index (κ3) is 3.55. The van der Waals surface area contributed by atoms with Crippen LogP contribution in [0.5, 0.6) is 0 Å². The van der Waals surface area contributed by atoms with Crippen LogP contribution in [-0.2, 0) is 16.0 Å². The Hall–Kier alpha value is -1.73. The van der Waals surface area contributed by atoms with Crippen LogP contribution in [0.1, 0.15) is 55.4 Å². The van der Waals surface area contributed by atoms with Crippen LogP contribution < -0.4 is 5.32 Å².